The number of carbonyl (C=O) groups excluding carboxylic acids is 1. The van der Waals surface area contributed by atoms with Crippen molar-refractivity contribution in [1.29, 1.82) is 0 Å². The molecule has 140 valence electrons. The molecule has 0 heterocycles. The average molecular weight is 342 g/mol. The lowest BCUT2D eigenvalue weighted by Gasteiger charge is -2.21. The van der Waals surface area contributed by atoms with E-state index in [0.717, 1.165) is 44.9 Å². The Morgan fingerprint density at radius 1 is 1.21 bits per heavy atom. The van der Waals surface area contributed by atoms with Crippen molar-refractivity contribution in [2.45, 2.75) is 83.0 Å². The van der Waals surface area contributed by atoms with Gasteiger partial charge in [-0.15, -0.1) is 0 Å². The Balaban J connectivity index is 2.45. The van der Waals surface area contributed by atoms with Crippen molar-refractivity contribution < 1.29 is 24.9 Å². The molecule has 5 atom stereocenters. The smallest absolute Gasteiger partial charge is 0.305 e. The van der Waals surface area contributed by atoms with E-state index < -0.39 is 18.3 Å². The lowest BCUT2D eigenvalue weighted by Crippen LogP contribution is -2.21. The van der Waals surface area contributed by atoms with Gasteiger partial charge < -0.3 is 20.1 Å². The van der Waals surface area contributed by atoms with Crippen molar-refractivity contribution in [1.82, 2.24) is 0 Å². The van der Waals surface area contributed by atoms with E-state index in [1.165, 1.54) is 7.11 Å². The summed E-state index contributed by atoms with van der Waals surface area (Å²) in [7, 11) is 1.38. The number of unbranched alkanes of at least 4 members (excludes halogenated alkanes) is 3. The lowest BCUT2D eigenvalue weighted by atomic mass is 9.88. The highest BCUT2D eigenvalue weighted by Crippen LogP contribution is 2.37. The van der Waals surface area contributed by atoms with Crippen LogP contribution in [0.15, 0.2) is 12.2 Å². The van der Waals surface area contributed by atoms with Crippen LogP contribution in [0.2, 0.25) is 0 Å². The first-order chi connectivity index (χ1) is 11.5. The van der Waals surface area contributed by atoms with E-state index in [-0.39, 0.29) is 17.8 Å². The van der Waals surface area contributed by atoms with E-state index in [4.69, 9.17) is 0 Å². The molecule has 0 aromatic carbocycles. The van der Waals surface area contributed by atoms with Gasteiger partial charge in [-0.25, -0.2) is 0 Å². The molecular weight excluding hydrogens is 308 g/mol. The van der Waals surface area contributed by atoms with Gasteiger partial charge in [-0.1, -0.05) is 44.8 Å². The molecule has 24 heavy (non-hydrogen) atoms. The van der Waals surface area contributed by atoms with Crippen LogP contribution in [-0.2, 0) is 9.53 Å². The normalized spacial score (nSPS) is 28.4. The summed E-state index contributed by atoms with van der Waals surface area (Å²) < 4.78 is 4.62. The lowest BCUT2D eigenvalue weighted by molar-refractivity contribution is -0.140. The molecule has 5 heteroatoms. The van der Waals surface area contributed by atoms with E-state index in [2.05, 4.69) is 11.7 Å². The number of aliphatic hydroxyl groups is 3. The SMILES string of the molecule is CCCCC[C@@H](O)/C=C/[C@H]1[C@@H](CCCCC(=O)OC)[C@@H](O)C[C@H]1O. The number of aliphatic hydroxyl groups excluding tert-OH is 3. The number of hydrogen-bond donors (Lipinski definition) is 3. The number of rotatable bonds is 11. The number of methoxy groups -OCH3 is 1. The number of carbonyl (C=O) groups is 1. The molecule has 3 N–H and O–H groups in total. The Kier molecular flexibility index (Phi) is 10.2. The molecule has 0 aliphatic heterocycles. The molecule has 1 saturated carbocycles. The van der Waals surface area contributed by atoms with Crippen LogP contribution in [-0.4, -0.2) is 46.7 Å². The fraction of sp³-hybridized carbons (Fsp3) is 0.842. The largest absolute Gasteiger partial charge is 0.469 e. The second-order valence-electron chi connectivity index (χ2n) is 6.88. The van der Waals surface area contributed by atoms with Crippen LogP contribution in [0.25, 0.3) is 0 Å². The molecule has 0 saturated heterocycles. The molecule has 5 nitrogen and oxygen atoms in total. The Morgan fingerprint density at radius 2 is 1.96 bits per heavy atom. The van der Waals surface area contributed by atoms with Crippen molar-refractivity contribution >= 4 is 5.97 Å². The Labute approximate surface area is 145 Å². The highest BCUT2D eigenvalue weighted by molar-refractivity contribution is 5.68. The molecule has 0 spiro atoms. The standard InChI is InChI=1S/C19H34O5/c1-3-4-5-8-14(20)11-12-16-15(17(21)13-18(16)22)9-6-7-10-19(23)24-2/h11-12,14-18,20-22H,3-10,13H2,1-2H3/b12-11+/t14-,15-,16+,17+,18-/m1/s1. The van der Waals surface area contributed by atoms with Crippen LogP contribution in [0.5, 0.6) is 0 Å². The van der Waals surface area contributed by atoms with Gasteiger partial charge in [0, 0.05) is 18.8 Å². The first-order valence-electron chi connectivity index (χ1n) is 9.28. The molecule has 0 bridgehead atoms. The van der Waals surface area contributed by atoms with Gasteiger partial charge in [0.1, 0.15) is 0 Å². The fourth-order valence-corrected chi connectivity index (χ4v) is 3.48. The van der Waals surface area contributed by atoms with Crippen molar-refractivity contribution in [2.24, 2.45) is 11.8 Å². The third-order valence-corrected chi connectivity index (χ3v) is 4.97. The molecule has 0 radical (unpaired) electrons. The Hall–Kier alpha value is -0.910. The molecule has 1 aliphatic rings. The summed E-state index contributed by atoms with van der Waals surface area (Å²) in [5.41, 5.74) is 0. The summed E-state index contributed by atoms with van der Waals surface area (Å²) >= 11 is 0. The molecule has 0 amide bonds. The minimum atomic E-state index is -0.565. The molecule has 1 rings (SSSR count). The van der Waals surface area contributed by atoms with Crippen LogP contribution in [0.1, 0.15) is 64.7 Å². The highest BCUT2D eigenvalue weighted by Gasteiger charge is 2.39. The van der Waals surface area contributed by atoms with Crippen molar-refractivity contribution in [2.75, 3.05) is 7.11 Å². The maximum absolute atomic E-state index is 11.1. The topological polar surface area (TPSA) is 87.0 Å². The zero-order valence-corrected chi connectivity index (χ0v) is 15.1. The summed E-state index contributed by atoms with van der Waals surface area (Å²) in [6.07, 6.45) is 9.10. The van der Waals surface area contributed by atoms with E-state index in [1.54, 1.807) is 6.08 Å². The van der Waals surface area contributed by atoms with Gasteiger partial charge in [0.05, 0.1) is 25.4 Å². The quantitative estimate of drug-likeness (QED) is 0.305. The van der Waals surface area contributed by atoms with Gasteiger partial charge in [-0.3, -0.25) is 4.79 Å². The molecule has 1 fully saturated rings. The maximum Gasteiger partial charge on any atom is 0.305 e. The summed E-state index contributed by atoms with van der Waals surface area (Å²) in [5, 5.41) is 30.3. The van der Waals surface area contributed by atoms with Gasteiger partial charge in [-0.2, -0.15) is 0 Å². The van der Waals surface area contributed by atoms with Gasteiger partial charge in [0.15, 0.2) is 0 Å². The Bertz CT molecular complexity index is 382. The summed E-state index contributed by atoms with van der Waals surface area (Å²) in [4.78, 5) is 11.1. The zero-order valence-electron chi connectivity index (χ0n) is 15.1. The monoisotopic (exact) mass is 342 g/mol. The van der Waals surface area contributed by atoms with Crippen LogP contribution >= 0.6 is 0 Å². The van der Waals surface area contributed by atoms with Crippen molar-refractivity contribution in [3.63, 3.8) is 0 Å². The van der Waals surface area contributed by atoms with Gasteiger partial charge in [-0.05, 0) is 25.2 Å². The van der Waals surface area contributed by atoms with Crippen LogP contribution in [0.4, 0.5) is 0 Å². The van der Waals surface area contributed by atoms with Crippen molar-refractivity contribution in [3.05, 3.63) is 12.2 Å². The van der Waals surface area contributed by atoms with Gasteiger partial charge in [0.25, 0.3) is 0 Å². The summed E-state index contributed by atoms with van der Waals surface area (Å²) in [6, 6.07) is 0. The number of ether oxygens (including phenoxy) is 1. The van der Waals surface area contributed by atoms with Gasteiger partial charge >= 0.3 is 5.97 Å². The Morgan fingerprint density at radius 3 is 2.62 bits per heavy atom. The van der Waals surface area contributed by atoms with E-state index in [1.807, 2.05) is 6.08 Å². The van der Waals surface area contributed by atoms with E-state index in [0.29, 0.717) is 12.8 Å². The predicted molar refractivity (Wildman–Crippen MR) is 93.4 cm³/mol. The second kappa shape index (κ2) is 11.6. The average Bonchev–Trinajstić information content (AvgIpc) is 2.82. The van der Waals surface area contributed by atoms with Crippen LogP contribution < -0.4 is 0 Å². The minimum Gasteiger partial charge on any atom is -0.469 e. The molecule has 0 aromatic rings. The first-order valence-corrected chi connectivity index (χ1v) is 9.28. The number of esters is 1. The summed E-state index contributed by atoms with van der Waals surface area (Å²) in [6.45, 7) is 2.13. The van der Waals surface area contributed by atoms with Gasteiger partial charge in [0.2, 0.25) is 0 Å². The minimum absolute atomic E-state index is 0.0169. The summed E-state index contributed by atoms with van der Waals surface area (Å²) in [5.74, 6) is -0.357. The third-order valence-electron chi connectivity index (χ3n) is 4.97. The highest BCUT2D eigenvalue weighted by atomic mass is 16.5. The predicted octanol–water partition coefficient (Wildman–Crippen LogP) is 2.58. The van der Waals surface area contributed by atoms with E-state index >= 15 is 0 Å². The second-order valence-corrected chi connectivity index (χ2v) is 6.88. The first kappa shape index (κ1) is 21.1. The maximum atomic E-state index is 11.1. The molecular formula is C19H34O5. The third kappa shape index (κ3) is 7.32. The zero-order chi connectivity index (χ0) is 17.9. The number of hydrogen-bond acceptors (Lipinski definition) is 5. The van der Waals surface area contributed by atoms with Crippen LogP contribution in [0.3, 0.4) is 0 Å². The fourth-order valence-electron chi connectivity index (χ4n) is 3.48. The molecule has 0 aromatic heterocycles. The van der Waals surface area contributed by atoms with Crippen molar-refractivity contribution in [3.8, 4) is 0 Å². The molecule has 0 unspecified atom stereocenters. The van der Waals surface area contributed by atoms with Crippen LogP contribution in [0, 0.1) is 11.8 Å². The molecule has 1 aliphatic carbocycles. The van der Waals surface area contributed by atoms with E-state index in [9.17, 15) is 20.1 Å².